The first kappa shape index (κ1) is 20.3. The fraction of sp³-hybridized carbons (Fsp3) is 0.250. The molecule has 13 heteroatoms. The van der Waals surface area contributed by atoms with Crippen LogP contribution >= 0.6 is 15.9 Å². The highest BCUT2D eigenvalue weighted by Gasteiger charge is 2.23. The van der Waals surface area contributed by atoms with E-state index in [0.717, 1.165) is 6.42 Å². The Balaban J connectivity index is 1.81. The number of ether oxygens (including phenoxy) is 1. The van der Waals surface area contributed by atoms with Crippen molar-refractivity contribution in [1.29, 1.82) is 0 Å². The zero-order valence-corrected chi connectivity index (χ0v) is 17.0. The summed E-state index contributed by atoms with van der Waals surface area (Å²) in [6, 6.07) is 3.18. The molecule has 1 aromatic carbocycles. The molecule has 0 saturated carbocycles. The first-order valence-corrected chi connectivity index (χ1v) is 9.18. The number of anilines is 1. The molecule has 2 heterocycles. The molecular formula is C16H17BrN8O4. The summed E-state index contributed by atoms with van der Waals surface area (Å²) in [7, 11) is 1.43. The lowest BCUT2D eigenvalue weighted by Crippen LogP contribution is -2.20. The number of phenolic OH excluding ortho intramolecular Hbond substituents is 1. The number of nitrogens with zero attached hydrogens (tertiary/aromatic N) is 6. The highest BCUT2D eigenvalue weighted by Crippen LogP contribution is 2.34. The predicted molar refractivity (Wildman–Crippen MR) is 105 cm³/mol. The Morgan fingerprint density at radius 2 is 2.28 bits per heavy atom. The summed E-state index contributed by atoms with van der Waals surface area (Å²) in [6.07, 6.45) is 2.62. The summed E-state index contributed by atoms with van der Waals surface area (Å²) in [5, 5.41) is 28.8. The van der Waals surface area contributed by atoms with Crippen LogP contribution in [0.25, 0.3) is 5.82 Å². The Morgan fingerprint density at radius 3 is 2.93 bits per heavy atom. The minimum absolute atomic E-state index is 0.0314. The molecule has 0 radical (unpaired) electrons. The number of nitrogens with two attached hydrogens (primary N) is 1. The number of aromatic nitrogens is 5. The van der Waals surface area contributed by atoms with Crippen LogP contribution in [0.2, 0.25) is 0 Å². The van der Waals surface area contributed by atoms with E-state index in [9.17, 15) is 9.90 Å². The average molecular weight is 465 g/mol. The van der Waals surface area contributed by atoms with Gasteiger partial charge in [-0.1, -0.05) is 18.6 Å². The molecule has 0 aliphatic rings. The zero-order chi connectivity index (χ0) is 21.0. The summed E-state index contributed by atoms with van der Waals surface area (Å²) < 4.78 is 11.4. The molecule has 0 fully saturated rings. The van der Waals surface area contributed by atoms with Crippen molar-refractivity contribution >= 4 is 33.9 Å². The number of hydrogen-bond acceptors (Lipinski definition) is 10. The molecule has 3 aromatic rings. The number of nitrogens with one attached hydrogen (secondary N) is 1. The van der Waals surface area contributed by atoms with Crippen LogP contribution < -0.4 is 15.9 Å². The van der Waals surface area contributed by atoms with E-state index in [-0.39, 0.29) is 28.8 Å². The van der Waals surface area contributed by atoms with Gasteiger partial charge in [-0.25, -0.2) is 10.1 Å². The van der Waals surface area contributed by atoms with Gasteiger partial charge in [0, 0.05) is 0 Å². The largest absolute Gasteiger partial charge is 0.503 e. The van der Waals surface area contributed by atoms with E-state index in [2.05, 4.69) is 51.7 Å². The minimum Gasteiger partial charge on any atom is -0.503 e. The van der Waals surface area contributed by atoms with Crippen LogP contribution in [-0.2, 0) is 6.42 Å². The first-order valence-electron chi connectivity index (χ1n) is 8.39. The van der Waals surface area contributed by atoms with Crippen LogP contribution in [0, 0.1) is 0 Å². The second-order valence-corrected chi connectivity index (χ2v) is 6.63. The van der Waals surface area contributed by atoms with E-state index in [4.69, 9.17) is 10.5 Å². The van der Waals surface area contributed by atoms with Crippen molar-refractivity contribution in [2.75, 3.05) is 12.8 Å². The van der Waals surface area contributed by atoms with Crippen LogP contribution in [0.15, 0.2) is 26.3 Å². The quantitative estimate of drug-likeness (QED) is 0.345. The third-order valence-electron chi connectivity index (χ3n) is 3.81. The monoisotopic (exact) mass is 464 g/mol. The molecule has 0 spiro atoms. The molecule has 0 atom stereocenters. The number of rotatable bonds is 7. The number of phenols is 1. The van der Waals surface area contributed by atoms with Crippen molar-refractivity contribution in [1.82, 2.24) is 30.7 Å². The molecule has 0 aliphatic carbocycles. The maximum Gasteiger partial charge on any atom is 0.293 e. The summed E-state index contributed by atoms with van der Waals surface area (Å²) in [6.45, 7) is 1.94. The smallest absolute Gasteiger partial charge is 0.293 e. The molecule has 0 saturated heterocycles. The summed E-state index contributed by atoms with van der Waals surface area (Å²) >= 11 is 3.22. The number of carbonyl (C=O) groups is 1. The first-order chi connectivity index (χ1) is 14.0. The van der Waals surface area contributed by atoms with E-state index in [1.54, 1.807) is 12.1 Å². The van der Waals surface area contributed by atoms with Gasteiger partial charge in [-0.2, -0.15) is 9.78 Å². The van der Waals surface area contributed by atoms with Gasteiger partial charge in [0.15, 0.2) is 17.2 Å². The predicted octanol–water partition coefficient (Wildman–Crippen LogP) is 1.43. The van der Waals surface area contributed by atoms with E-state index < -0.39 is 5.91 Å². The van der Waals surface area contributed by atoms with Crippen molar-refractivity contribution in [3.63, 3.8) is 0 Å². The minimum atomic E-state index is -0.559. The van der Waals surface area contributed by atoms with E-state index in [1.165, 1.54) is 18.0 Å². The molecular weight excluding hydrogens is 448 g/mol. The molecule has 3 rings (SSSR count). The van der Waals surface area contributed by atoms with E-state index in [0.29, 0.717) is 22.2 Å². The molecule has 152 valence electrons. The van der Waals surface area contributed by atoms with Gasteiger partial charge < -0.3 is 15.6 Å². The molecule has 4 N–H and O–H groups in total. The highest BCUT2D eigenvalue weighted by molar-refractivity contribution is 9.10. The van der Waals surface area contributed by atoms with Crippen LogP contribution in [0.1, 0.15) is 35.1 Å². The van der Waals surface area contributed by atoms with Crippen LogP contribution in [0.4, 0.5) is 5.82 Å². The fourth-order valence-corrected chi connectivity index (χ4v) is 2.95. The van der Waals surface area contributed by atoms with Gasteiger partial charge in [0.05, 0.1) is 23.5 Å². The Bertz CT molecular complexity index is 1060. The average Bonchev–Trinajstić information content (AvgIpc) is 3.30. The molecule has 0 aliphatic heterocycles. The third kappa shape index (κ3) is 4.18. The van der Waals surface area contributed by atoms with Gasteiger partial charge in [-0.15, -0.1) is 5.10 Å². The number of nitrogen functional groups attached to an aromatic ring is 1. The molecule has 0 bridgehead atoms. The summed E-state index contributed by atoms with van der Waals surface area (Å²) in [4.78, 5) is 12.5. The van der Waals surface area contributed by atoms with Crippen molar-refractivity contribution < 1.29 is 19.3 Å². The molecule has 1 amide bonds. The number of amides is 1. The fourth-order valence-electron chi connectivity index (χ4n) is 2.49. The lowest BCUT2D eigenvalue weighted by Gasteiger charge is -2.06. The Kier molecular flexibility index (Phi) is 6.07. The van der Waals surface area contributed by atoms with E-state index >= 15 is 0 Å². The van der Waals surface area contributed by atoms with Crippen molar-refractivity contribution in [3.05, 3.63) is 33.6 Å². The SMILES string of the molecule is CCCc1c(C(=O)N/N=C/c2cc(Br)c(O)c(OC)c2)nnn1-c1nonc1N. The number of halogens is 1. The van der Waals surface area contributed by atoms with Gasteiger partial charge in [-0.05, 0) is 50.4 Å². The standard InChI is InChI=1S/C16H17BrN8O4/c1-3-4-10-12(20-24-25(10)15-14(18)22-29-23-15)16(27)21-19-7-8-5-9(17)13(26)11(6-8)28-2/h5-7,26H,3-4H2,1-2H3,(H2,18,22)(H,21,27)/b19-7+. The lowest BCUT2D eigenvalue weighted by atomic mass is 10.2. The number of aromatic hydroxyl groups is 1. The number of carbonyl (C=O) groups excluding carboxylic acids is 1. The van der Waals surface area contributed by atoms with E-state index in [1.807, 2.05) is 6.92 Å². The second kappa shape index (κ2) is 8.68. The summed E-state index contributed by atoms with van der Waals surface area (Å²) in [5.41, 5.74) is 9.26. The topological polar surface area (TPSA) is 167 Å². The van der Waals surface area contributed by atoms with Crippen molar-refractivity contribution in [2.24, 2.45) is 5.10 Å². The van der Waals surface area contributed by atoms with Gasteiger partial charge >= 0.3 is 0 Å². The van der Waals surface area contributed by atoms with Gasteiger partial charge in [0.2, 0.25) is 11.6 Å². The second-order valence-electron chi connectivity index (χ2n) is 5.77. The molecule has 2 aromatic heterocycles. The highest BCUT2D eigenvalue weighted by atomic mass is 79.9. The maximum absolute atomic E-state index is 12.5. The van der Waals surface area contributed by atoms with Gasteiger partial charge in [0.25, 0.3) is 5.91 Å². The number of hydrogen-bond donors (Lipinski definition) is 3. The molecule has 12 nitrogen and oxygen atoms in total. The Hall–Kier alpha value is -3.48. The maximum atomic E-state index is 12.5. The molecule has 0 unspecified atom stereocenters. The number of benzene rings is 1. The molecule has 29 heavy (non-hydrogen) atoms. The Morgan fingerprint density at radius 1 is 1.48 bits per heavy atom. The number of methoxy groups -OCH3 is 1. The van der Waals surface area contributed by atoms with Crippen molar-refractivity contribution in [2.45, 2.75) is 19.8 Å². The van der Waals surface area contributed by atoms with Gasteiger partial charge in [-0.3, -0.25) is 4.79 Å². The summed E-state index contributed by atoms with van der Waals surface area (Å²) in [5.74, 6) is -0.139. The Labute approximate surface area is 172 Å². The van der Waals surface area contributed by atoms with Crippen LogP contribution in [0.5, 0.6) is 11.5 Å². The third-order valence-corrected chi connectivity index (χ3v) is 4.42. The van der Waals surface area contributed by atoms with Crippen molar-refractivity contribution in [3.8, 4) is 17.3 Å². The lowest BCUT2D eigenvalue weighted by molar-refractivity contribution is 0.0949. The van der Waals surface area contributed by atoms with Crippen LogP contribution in [0.3, 0.4) is 0 Å². The zero-order valence-electron chi connectivity index (χ0n) is 15.5. The van der Waals surface area contributed by atoms with Gasteiger partial charge in [0.1, 0.15) is 0 Å². The normalized spacial score (nSPS) is 11.1. The van der Waals surface area contributed by atoms with Crippen LogP contribution in [-0.4, -0.2) is 49.6 Å². The number of hydrazone groups is 1.